The van der Waals surface area contributed by atoms with Crippen LogP contribution < -0.4 is 10.1 Å². The largest absolute Gasteiger partial charge is 0.488 e. The molecule has 1 aliphatic heterocycles. The van der Waals surface area contributed by atoms with E-state index in [2.05, 4.69) is 19.6 Å². The Morgan fingerprint density at radius 3 is 2.53 bits per heavy atom. The minimum Gasteiger partial charge on any atom is -0.488 e. The van der Waals surface area contributed by atoms with Gasteiger partial charge >= 0.3 is 0 Å². The number of rotatable bonds is 6. The Kier molecular flexibility index (Phi) is 7.39. The van der Waals surface area contributed by atoms with Crippen molar-refractivity contribution in [2.24, 2.45) is 4.36 Å². The number of halogens is 1. The van der Waals surface area contributed by atoms with Crippen LogP contribution in [0, 0.1) is 12.7 Å². The summed E-state index contributed by atoms with van der Waals surface area (Å²) in [4.78, 5) is 8.94. The SMILES string of the molecule is COC1CCC(Oc2cc(F)ccc2Nc2ncnc3cc(N=S4(=O)CCCCC4)cc(C)c23)CC1. The fraction of sp³-hybridized carbons (Fsp3) is 0.481. The van der Waals surface area contributed by atoms with Gasteiger partial charge in [-0.2, -0.15) is 4.36 Å². The fourth-order valence-electron chi connectivity index (χ4n) is 5.13. The second-order valence-corrected chi connectivity index (χ2v) is 12.3. The van der Waals surface area contributed by atoms with Crippen molar-refractivity contribution in [2.45, 2.75) is 64.1 Å². The van der Waals surface area contributed by atoms with Crippen LogP contribution in [0.1, 0.15) is 50.5 Å². The molecule has 1 saturated heterocycles. The molecular weight excluding hydrogens is 479 g/mol. The molecule has 2 aromatic carbocycles. The molecule has 1 aliphatic carbocycles. The molecule has 1 aromatic heterocycles. The molecule has 0 atom stereocenters. The summed E-state index contributed by atoms with van der Waals surface area (Å²) in [5.74, 6) is 2.02. The molecule has 36 heavy (non-hydrogen) atoms. The van der Waals surface area contributed by atoms with Crippen LogP contribution in [0.25, 0.3) is 10.9 Å². The van der Waals surface area contributed by atoms with Crippen molar-refractivity contribution in [2.75, 3.05) is 23.9 Å². The molecule has 2 aliphatic rings. The number of methoxy groups -OCH3 is 1. The number of ether oxygens (including phenoxy) is 2. The Hall–Kier alpha value is -2.78. The maximum absolute atomic E-state index is 14.2. The zero-order valence-corrected chi connectivity index (χ0v) is 21.7. The number of aryl methyl sites for hydroxylation is 1. The topological polar surface area (TPSA) is 85.7 Å². The van der Waals surface area contributed by atoms with E-state index in [1.165, 1.54) is 18.5 Å². The molecule has 3 aromatic rings. The lowest BCUT2D eigenvalue weighted by atomic mass is 9.95. The van der Waals surface area contributed by atoms with Gasteiger partial charge in [-0.15, -0.1) is 0 Å². The smallest absolute Gasteiger partial charge is 0.146 e. The summed E-state index contributed by atoms with van der Waals surface area (Å²) in [7, 11) is -0.473. The quantitative estimate of drug-likeness (QED) is 0.409. The molecule has 0 unspecified atom stereocenters. The average Bonchev–Trinajstić information content (AvgIpc) is 2.86. The van der Waals surface area contributed by atoms with Gasteiger partial charge in [0.2, 0.25) is 0 Å². The van der Waals surface area contributed by atoms with Crippen molar-refractivity contribution in [3.05, 3.63) is 48.0 Å². The highest BCUT2D eigenvalue weighted by Gasteiger charge is 2.23. The van der Waals surface area contributed by atoms with Crippen molar-refractivity contribution in [1.29, 1.82) is 0 Å². The van der Waals surface area contributed by atoms with Crippen molar-refractivity contribution >= 4 is 37.8 Å². The number of benzene rings is 2. The van der Waals surface area contributed by atoms with Crippen molar-refractivity contribution in [3.8, 4) is 5.75 Å². The Bertz CT molecular complexity index is 1350. The van der Waals surface area contributed by atoms with Crippen molar-refractivity contribution < 1.29 is 18.1 Å². The van der Waals surface area contributed by atoms with Gasteiger partial charge in [0.25, 0.3) is 0 Å². The first-order chi connectivity index (χ1) is 17.4. The van der Waals surface area contributed by atoms with Crippen molar-refractivity contribution in [1.82, 2.24) is 9.97 Å². The molecule has 0 amide bonds. The average molecular weight is 513 g/mol. The van der Waals surface area contributed by atoms with Gasteiger partial charge in [-0.1, -0.05) is 6.42 Å². The van der Waals surface area contributed by atoms with Crippen LogP contribution >= 0.6 is 0 Å². The summed E-state index contributed by atoms with van der Waals surface area (Å²) in [6.45, 7) is 1.97. The monoisotopic (exact) mass is 512 g/mol. The molecule has 9 heteroatoms. The number of aromatic nitrogens is 2. The molecule has 192 valence electrons. The van der Waals surface area contributed by atoms with Gasteiger partial charge in [-0.25, -0.2) is 18.6 Å². The molecule has 0 radical (unpaired) electrons. The maximum atomic E-state index is 14.2. The van der Waals surface area contributed by atoms with Gasteiger partial charge in [0.15, 0.2) is 0 Å². The standard InChI is InChI=1S/C27H33FN4O3S/c1-18-14-20(32-36(33)12-4-3-5-13-36)16-24-26(18)27(30-17-29-24)31-23-11-6-19(28)15-25(23)35-22-9-7-21(34-2)8-10-22/h6,11,14-17,21-22H,3-5,7-10,12-13H2,1-2H3,(H,29,30,31). The van der Waals surface area contributed by atoms with Crippen LogP contribution in [0.2, 0.25) is 0 Å². The molecule has 0 bridgehead atoms. The summed E-state index contributed by atoms with van der Waals surface area (Å²) in [5.41, 5.74) is 2.97. The first-order valence-corrected chi connectivity index (χ1v) is 14.5. The summed E-state index contributed by atoms with van der Waals surface area (Å²) < 4.78 is 43.6. The number of fused-ring (bicyclic) bond motifs is 1. The molecule has 5 rings (SSSR count). The number of anilines is 2. The van der Waals surface area contributed by atoms with Crippen LogP contribution in [-0.2, 0) is 14.5 Å². The first kappa shape index (κ1) is 24.9. The Morgan fingerprint density at radius 2 is 1.78 bits per heavy atom. The molecule has 0 spiro atoms. The highest BCUT2D eigenvalue weighted by Crippen LogP contribution is 2.36. The van der Waals surface area contributed by atoms with Crippen LogP contribution in [0.15, 0.2) is 41.0 Å². The molecule has 2 fully saturated rings. The minimum atomic E-state index is -2.21. The maximum Gasteiger partial charge on any atom is 0.146 e. The van der Waals surface area contributed by atoms with E-state index < -0.39 is 9.73 Å². The lowest BCUT2D eigenvalue weighted by Gasteiger charge is -2.28. The zero-order chi connectivity index (χ0) is 25.1. The predicted octanol–water partition coefficient (Wildman–Crippen LogP) is 6.44. The summed E-state index contributed by atoms with van der Waals surface area (Å²) >= 11 is 0. The van der Waals surface area contributed by atoms with Crippen LogP contribution in [0.5, 0.6) is 5.75 Å². The van der Waals surface area contributed by atoms with Crippen molar-refractivity contribution in [3.63, 3.8) is 0 Å². The Labute approximate surface area is 212 Å². The highest BCUT2D eigenvalue weighted by atomic mass is 32.2. The first-order valence-electron chi connectivity index (χ1n) is 12.7. The second kappa shape index (κ2) is 10.7. The third kappa shape index (κ3) is 5.62. The number of nitrogens with one attached hydrogen (secondary N) is 1. The van der Waals surface area contributed by atoms with E-state index in [1.807, 2.05) is 19.1 Å². The van der Waals surface area contributed by atoms with Crippen LogP contribution in [0.4, 0.5) is 21.6 Å². The van der Waals surface area contributed by atoms with Crippen LogP contribution in [0.3, 0.4) is 0 Å². The lowest BCUT2D eigenvalue weighted by molar-refractivity contribution is 0.0329. The third-order valence-electron chi connectivity index (χ3n) is 7.06. The summed E-state index contributed by atoms with van der Waals surface area (Å²) in [6, 6.07) is 8.30. The Balaban J connectivity index is 1.44. The minimum absolute atomic E-state index is 0.00787. The van der Waals surface area contributed by atoms with E-state index in [0.717, 1.165) is 55.9 Å². The summed E-state index contributed by atoms with van der Waals surface area (Å²) in [6.07, 6.45) is 8.37. The molecular formula is C27H33FN4O3S. The van der Waals surface area contributed by atoms with Crippen LogP contribution in [-0.4, -0.2) is 45.0 Å². The zero-order valence-electron chi connectivity index (χ0n) is 20.8. The number of nitrogens with zero attached hydrogens (tertiary/aromatic N) is 3. The predicted molar refractivity (Wildman–Crippen MR) is 141 cm³/mol. The van der Waals surface area contributed by atoms with Gasteiger partial charge < -0.3 is 14.8 Å². The van der Waals surface area contributed by atoms with Gasteiger partial charge in [-0.3, -0.25) is 0 Å². The van der Waals surface area contributed by atoms with Gasteiger partial charge in [0, 0.05) is 30.1 Å². The molecule has 2 heterocycles. The molecule has 1 N–H and O–H groups in total. The van der Waals surface area contributed by atoms with Gasteiger partial charge in [0.1, 0.15) is 23.7 Å². The normalized spacial score (nSPS) is 21.8. The second-order valence-electron chi connectivity index (χ2n) is 9.73. The molecule has 1 saturated carbocycles. The van der Waals surface area contributed by atoms with Gasteiger partial charge in [-0.05, 0) is 75.3 Å². The van der Waals surface area contributed by atoms with E-state index in [9.17, 15) is 8.60 Å². The highest BCUT2D eigenvalue weighted by molar-refractivity contribution is 7.93. The summed E-state index contributed by atoms with van der Waals surface area (Å²) in [5, 5.41) is 4.19. The Morgan fingerprint density at radius 1 is 1.03 bits per heavy atom. The lowest BCUT2D eigenvalue weighted by Crippen LogP contribution is -2.27. The van der Waals surface area contributed by atoms with Gasteiger partial charge in [0.05, 0.1) is 38.8 Å². The fourth-order valence-corrected chi connectivity index (χ4v) is 7.31. The van der Waals surface area contributed by atoms with E-state index >= 15 is 0 Å². The van der Waals surface area contributed by atoms with E-state index in [1.54, 1.807) is 13.2 Å². The molecule has 7 nitrogen and oxygen atoms in total. The van der Waals surface area contributed by atoms with E-state index in [4.69, 9.17) is 9.47 Å². The van der Waals surface area contributed by atoms with E-state index in [-0.39, 0.29) is 18.0 Å². The third-order valence-corrected chi connectivity index (χ3v) is 9.46. The number of hydrogen-bond acceptors (Lipinski definition) is 7. The number of hydrogen-bond donors (Lipinski definition) is 1. The van der Waals surface area contributed by atoms with E-state index in [0.29, 0.717) is 40.0 Å².